The SMILES string of the molecule is CC(=O)OCc1cc2ccccc2c(=O)[nH]1. The molecule has 0 aliphatic heterocycles. The van der Waals surface area contributed by atoms with Gasteiger partial charge in [0.05, 0.1) is 5.69 Å². The molecule has 0 radical (unpaired) electrons. The number of aromatic amines is 1. The molecule has 4 nitrogen and oxygen atoms in total. The molecule has 82 valence electrons. The van der Waals surface area contributed by atoms with E-state index in [9.17, 15) is 9.59 Å². The first-order chi connectivity index (χ1) is 7.66. The molecule has 0 atom stereocenters. The lowest BCUT2D eigenvalue weighted by atomic mass is 10.1. The second kappa shape index (κ2) is 4.18. The van der Waals surface area contributed by atoms with Crippen LogP contribution in [0.15, 0.2) is 35.1 Å². The number of carbonyl (C=O) groups is 1. The van der Waals surface area contributed by atoms with Gasteiger partial charge in [-0.2, -0.15) is 0 Å². The van der Waals surface area contributed by atoms with Gasteiger partial charge in [0, 0.05) is 12.3 Å². The maximum Gasteiger partial charge on any atom is 0.303 e. The quantitative estimate of drug-likeness (QED) is 0.777. The average Bonchev–Trinajstić information content (AvgIpc) is 2.26. The van der Waals surface area contributed by atoms with E-state index in [1.807, 2.05) is 18.2 Å². The largest absolute Gasteiger partial charge is 0.459 e. The third kappa shape index (κ3) is 2.11. The van der Waals surface area contributed by atoms with Gasteiger partial charge in [-0.1, -0.05) is 18.2 Å². The zero-order valence-corrected chi connectivity index (χ0v) is 8.82. The van der Waals surface area contributed by atoms with Crippen LogP contribution in [-0.2, 0) is 16.1 Å². The fourth-order valence-electron chi connectivity index (χ4n) is 1.52. The van der Waals surface area contributed by atoms with Gasteiger partial charge in [-0.25, -0.2) is 0 Å². The topological polar surface area (TPSA) is 59.2 Å². The van der Waals surface area contributed by atoms with Crippen molar-refractivity contribution >= 4 is 16.7 Å². The van der Waals surface area contributed by atoms with Gasteiger partial charge >= 0.3 is 5.97 Å². The van der Waals surface area contributed by atoms with Crippen molar-refractivity contribution in [1.82, 2.24) is 4.98 Å². The highest BCUT2D eigenvalue weighted by atomic mass is 16.5. The van der Waals surface area contributed by atoms with Crippen LogP contribution in [0.1, 0.15) is 12.6 Å². The fraction of sp³-hybridized carbons (Fsp3) is 0.167. The van der Waals surface area contributed by atoms with Gasteiger partial charge in [0.1, 0.15) is 6.61 Å². The number of hydrogen-bond acceptors (Lipinski definition) is 3. The smallest absolute Gasteiger partial charge is 0.303 e. The number of rotatable bonds is 2. The highest BCUT2D eigenvalue weighted by molar-refractivity contribution is 5.81. The van der Waals surface area contributed by atoms with Crippen LogP contribution in [-0.4, -0.2) is 11.0 Å². The second-order valence-corrected chi connectivity index (χ2v) is 3.49. The molecule has 0 unspecified atom stereocenters. The molecule has 0 saturated heterocycles. The highest BCUT2D eigenvalue weighted by Gasteiger charge is 2.02. The molecule has 1 heterocycles. The van der Waals surface area contributed by atoms with Gasteiger partial charge in [-0.05, 0) is 17.5 Å². The first kappa shape index (κ1) is 10.4. The molecule has 0 bridgehead atoms. The van der Waals surface area contributed by atoms with Gasteiger partial charge in [0.15, 0.2) is 0 Å². The molecule has 0 spiro atoms. The van der Waals surface area contributed by atoms with Gasteiger partial charge < -0.3 is 9.72 Å². The van der Waals surface area contributed by atoms with E-state index in [-0.39, 0.29) is 18.1 Å². The van der Waals surface area contributed by atoms with Crippen molar-refractivity contribution in [2.24, 2.45) is 0 Å². The number of carbonyl (C=O) groups excluding carboxylic acids is 1. The standard InChI is InChI=1S/C12H11NO3/c1-8(14)16-7-10-6-9-4-2-3-5-11(9)12(15)13-10/h2-6H,7H2,1H3,(H,13,15). The molecule has 0 aliphatic carbocycles. The van der Waals surface area contributed by atoms with Crippen LogP contribution in [0.5, 0.6) is 0 Å². The monoisotopic (exact) mass is 217 g/mol. The summed E-state index contributed by atoms with van der Waals surface area (Å²) < 4.78 is 4.82. The maximum atomic E-state index is 11.6. The normalized spacial score (nSPS) is 10.3. The first-order valence-electron chi connectivity index (χ1n) is 4.91. The Balaban J connectivity index is 2.42. The van der Waals surface area contributed by atoms with Crippen molar-refractivity contribution in [3.05, 3.63) is 46.4 Å². The Morgan fingerprint density at radius 2 is 2.12 bits per heavy atom. The van der Waals surface area contributed by atoms with Crippen molar-refractivity contribution in [2.45, 2.75) is 13.5 Å². The summed E-state index contributed by atoms with van der Waals surface area (Å²) in [4.78, 5) is 25.0. The van der Waals surface area contributed by atoms with E-state index >= 15 is 0 Å². The zero-order chi connectivity index (χ0) is 11.5. The van der Waals surface area contributed by atoms with Gasteiger partial charge in [0.2, 0.25) is 0 Å². The number of hydrogen-bond donors (Lipinski definition) is 1. The van der Waals surface area contributed by atoms with Crippen molar-refractivity contribution in [2.75, 3.05) is 0 Å². The summed E-state index contributed by atoms with van der Waals surface area (Å²) >= 11 is 0. The predicted octanol–water partition coefficient (Wildman–Crippen LogP) is 1.59. The van der Waals surface area contributed by atoms with Crippen LogP contribution in [0.4, 0.5) is 0 Å². The van der Waals surface area contributed by atoms with Gasteiger partial charge in [0.25, 0.3) is 5.56 Å². The van der Waals surface area contributed by atoms with E-state index in [0.717, 1.165) is 5.39 Å². The molecule has 4 heteroatoms. The van der Waals surface area contributed by atoms with E-state index in [2.05, 4.69) is 4.98 Å². The molecular formula is C12H11NO3. The molecular weight excluding hydrogens is 206 g/mol. The Morgan fingerprint density at radius 1 is 1.38 bits per heavy atom. The van der Waals surface area contributed by atoms with E-state index in [4.69, 9.17) is 4.74 Å². The maximum absolute atomic E-state index is 11.6. The Bertz CT molecular complexity index is 586. The summed E-state index contributed by atoms with van der Waals surface area (Å²) in [7, 11) is 0. The summed E-state index contributed by atoms with van der Waals surface area (Å²) in [6.07, 6.45) is 0. The summed E-state index contributed by atoms with van der Waals surface area (Å²) in [5, 5.41) is 1.47. The highest BCUT2D eigenvalue weighted by Crippen LogP contribution is 2.10. The minimum atomic E-state index is -0.367. The predicted molar refractivity (Wildman–Crippen MR) is 60.0 cm³/mol. The number of esters is 1. The lowest BCUT2D eigenvalue weighted by Crippen LogP contribution is -2.11. The molecule has 1 aromatic carbocycles. The van der Waals surface area contributed by atoms with Gasteiger partial charge in [-0.3, -0.25) is 9.59 Å². The first-order valence-corrected chi connectivity index (χ1v) is 4.91. The second-order valence-electron chi connectivity index (χ2n) is 3.49. The van der Waals surface area contributed by atoms with E-state index < -0.39 is 0 Å². The van der Waals surface area contributed by atoms with Crippen LogP contribution in [0.3, 0.4) is 0 Å². The van der Waals surface area contributed by atoms with Crippen LogP contribution in [0.2, 0.25) is 0 Å². The number of nitrogens with one attached hydrogen (secondary N) is 1. The van der Waals surface area contributed by atoms with E-state index in [1.165, 1.54) is 6.92 Å². The molecule has 1 N–H and O–H groups in total. The minimum absolute atomic E-state index is 0.0927. The van der Waals surface area contributed by atoms with Crippen LogP contribution < -0.4 is 5.56 Å². The summed E-state index contributed by atoms with van der Waals surface area (Å²) in [6, 6.07) is 9.08. The number of aromatic nitrogens is 1. The third-order valence-electron chi connectivity index (χ3n) is 2.24. The molecule has 2 rings (SSSR count). The Morgan fingerprint density at radius 3 is 2.88 bits per heavy atom. The molecule has 2 aromatic rings. The minimum Gasteiger partial charge on any atom is -0.459 e. The lowest BCUT2D eigenvalue weighted by molar-refractivity contribution is -0.142. The number of pyridine rings is 1. The number of H-pyrrole nitrogens is 1. The number of ether oxygens (including phenoxy) is 1. The van der Waals surface area contributed by atoms with E-state index in [1.54, 1.807) is 12.1 Å². The number of fused-ring (bicyclic) bond motifs is 1. The summed E-state index contributed by atoms with van der Waals surface area (Å²) in [6.45, 7) is 1.43. The van der Waals surface area contributed by atoms with Gasteiger partial charge in [-0.15, -0.1) is 0 Å². The van der Waals surface area contributed by atoms with Crippen molar-refractivity contribution in [3.8, 4) is 0 Å². The van der Waals surface area contributed by atoms with Crippen LogP contribution in [0.25, 0.3) is 10.8 Å². The van der Waals surface area contributed by atoms with Crippen molar-refractivity contribution in [1.29, 1.82) is 0 Å². The molecule has 0 saturated carbocycles. The average molecular weight is 217 g/mol. The lowest BCUT2D eigenvalue weighted by Gasteiger charge is -2.03. The summed E-state index contributed by atoms with van der Waals surface area (Å²) in [5.74, 6) is -0.367. The van der Waals surface area contributed by atoms with Crippen LogP contribution in [0, 0.1) is 0 Å². The van der Waals surface area contributed by atoms with Crippen LogP contribution >= 0.6 is 0 Å². The van der Waals surface area contributed by atoms with Crippen molar-refractivity contribution in [3.63, 3.8) is 0 Å². The van der Waals surface area contributed by atoms with Crippen molar-refractivity contribution < 1.29 is 9.53 Å². The molecule has 16 heavy (non-hydrogen) atoms. The molecule has 0 aliphatic rings. The molecule has 0 amide bonds. The number of benzene rings is 1. The Labute approximate surface area is 91.9 Å². The zero-order valence-electron chi connectivity index (χ0n) is 8.82. The Hall–Kier alpha value is -2.10. The third-order valence-corrected chi connectivity index (χ3v) is 2.24. The summed E-state index contributed by atoms with van der Waals surface area (Å²) in [5.41, 5.74) is 0.430. The molecule has 0 fully saturated rings. The van der Waals surface area contributed by atoms with E-state index in [0.29, 0.717) is 11.1 Å². The fourth-order valence-corrected chi connectivity index (χ4v) is 1.52. The molecule has 1 aromatic heterocycles. The Kier molecular flexibility index (Phi) is 2.72.